The van der Waals surface area contributed by atoms with Gasteiger partial charge in [0.1, 0.15) is 34.4 Å². The second-order valence-corrected chi connectivity index (χ2v) is 8.20. The molecule has 1 amide bonds. The zero-order valence-electron chi connectivity index (χ0n) is 19.0. The summed E-state index contributed by atoms with van der Waals surface area (Å²) in [6.07, 6.45) is 2.12. The van der Waals surface area contributed by atoms with Crippen molar-refractivity contribution in [1.29, 1.82) is 0 Å². The number of carbonyl (C=O) groups is 1. The van der Waals surface area contributed by atoms with E-state index in [-0.39, 0.29) is 17.8 Å². The molecule has 4 aromatic rings. The molecular weight excluding hydrogens is 435 g/mol. The van der Waals surface area contributed by atoms with E-state index >= 15 is 0 Å². The quantitative estimate of drug-likeness (QED) is 0.379. The molecule has 0 aliphatic carbocycles. The van der Waals surface area contributed by atoms with Crippen LogP contribution in [0.5, 0.6) is 17.2 Å². The van der Waals surface area contributed by atoms with Crippen LogP contribution in [0.4, 0.5) is 4.39 Å². The Bertz CT molecular complexity index is 1320. The Morgan fingerprint density at radius 1 is 1.09 bits per heavy atom. The van der Waals surface area contributed by atoms with Crippen LogP contribution in [0, 0.1) is 5.82 Å². The van der Waals surface area contributed by atoms with Crippen molar-refractivity contribution in [2.45, 2.75) is 18.9 Å². The summed E-state index contributed by atoms with van der Waals surface area (Å²) in [6, 6.07) is 17.1. The minimum absolute atomic E-state index is 0.194. The first-order chi connectivity index (χ1) is 16.6. The van der Waals surface area contributed by atoms with E-state index in [2.05, 4.69) is 10.6 Å². The van der Waals surface area contributed by atoms with Gasteiger partial charge >= 0.3 is 0 Å². The minimum Gasteiger partial charge on any atom is -0.496 e. The van der Waals surface area contributed by atoms with Gasteiger partial charge in [-0.2, -0.15) is 0 Å². The Hall–Kier alpha value is -3.84. The average molecular weight is 461 g/mol. The summed E-state index contributed by atoms with van der Waals surface area (Å²) in [5.41, 5.74) is 2.85. The molecule has 0 spiro atoms. The lowest BCUT2D eigenvalue weighted by Gasteiger charge is -2.15. The van der Waals surface area contributed by atoms with Crippen LogP contribution in [-0.2, 0) is 0 Å². The molecule has 1 aliphatic heterocycles. The summed E-state index contributed by atoms with van der Waals surface area (Å²) in [6.45, 7) is 0.963. The molecule has 6 nitrogen and oxygen atoms in total. The van der Waals surface area contributed by atoms with Crippen LogP contribution in [-0.4, -0.2) is 26.6 Å². The van der Waals surface area contributed by atoms with Crippen molar-refractivity contribution >= 4 is 16.9 Å². The lowest BCUT2D eigenvalue weighted by atomic mass is 9.99. The van der Waals surface area contributed by atoms with Crippen LogP contribution in [0.3, 0.4) is 0 Å². The van der Waals surface area contributed by atoms with Crippen molar-refractivity contribution in [2.75, 3.05) is 20.7 Å². The summed E-state index contributed by atoms with van der Waals surface area (Å²) in [5, 5.41) is 6.91. The van der Waals surface area contributed by atoms with Crippen LogP contribution in [0.15, 0.2) is 65.1 Å². The van der Waals surface area contributed by atoms with Crippen molar-refractivity contribution in [3.63, 3.8) is 0 Å². The van der Waals surface area contributed by atoms with E-state index in [1.165, 1.54) is 12.1 Å². The molecule has 5 rings (SSSR count). The summed E-state index contributed by atoms with van der Waals surface area (Å²) < 4.78 is 30.8. The summed E-state index contributed by atoms with van der Waals surface area (Å²) in [7, 11) is 3.23. The SMILES string of the molecule is CNC(=O)c1c(-c2ccc(Oc3ccc(F)cc3)cc2)oc2cc(C3CCCN3)c(OC)cc12. The van der Waals surface area contributed by atoms with Gasteiger partial charge in [0.25, 0.3) is 5.91 Å². The van der Waals surface area contributed by atoms with E-state index < -0.39 is 0 Å². The molecule has 0 bridgehead atoms. The Kier molecular flexibility index (Phi) is 5.94. The van der Waals surface area contributed by atoms with Gasteiger partial charge in [0.15, 0.2) is 0 Å². The minimum atomic E-state index is -0.321. The van der Waals surface area contributed by atoms with Gasteiger partial charge < -0.3 is 24.5 Å². The van der Waals surface area contributed by atoms with Gasteiger partial charge in [0.2, 0.25) is 0 Å². The van der Waals surface area contributed by atoms with E-state index in [0.717, 1.165) is 36.3 Å². The second-order valence-electron chi connectivity index (χ2n) is 8.20. The maximum atomic E-state index is 13.1. The van der Waals surface area contributed by atoms with Crippen molar-refractivity contribution < 1.29 is 23.1 Å². The highest BCUT2D eigenvalue weighted by molar-refractivity contribution is 6.11. The molecule has 174 valence electrons. The molecule has 34 heavy (non-hydrogen) atoms. The zero-order chi connectivity index (χ0) is 23.7. The fourth-order valence-corrected chi connectivity index (χ4v) is 4.40. The number of benzene rings is 3. The van der Waals surface area contributed by atoms with Crippen molar-refractivity contribution in [3.8, 4) is 28.6 Å². The van der Waals surface area contributed by atoms with Crippen LogP contribution < -0.4 is 20.1 Å². The molecule has 2 heterocycles. The van der Waals surface area contributed by atoms with Gasteiger partial charge in [-0.05, 0) is 80.1 Å². The Labute approximate surface area is 196 Å². The molecule has 1 unspecified atom stereocenters. The summed E-state index contributed by atoms with van der Waals surface area (Å²) in [5.74, 6) is 1.76. The smallest absolute Gasteiger partial charge is 0.255 e. The number of methoxy groups -OCH3 is 1. The predicted octanol–water partition coefficient (Wildman–Crippen LogP) is 5.82. The third-order valence-corrected chi connectivity index (χ3v) is 6.10. The first kappa shape index (κ1) is 22.0. The van der Waals surface area contributed by atoms with E-state index in [1.54, 1.807) is 38.4 Å². The first-order valence-electron chi connectivity index (χ1n) is 11.2. The van der Waals surface area contributed by atoms with Crippen molar-refractivity contribution in [2.24, 2.45) is 0 Å². The van der Waals surface area contributed by atoms with E-state index in [9.17, 15) is 9.18 Å². The molecule has 1 fully saturated rings. The van der Waals surface area contributed by atoms with Crippen LogP contribution in [0.25, 0.3) is 22.3 Å². The maximum Gasteiger partial charge on any atom is 0.255 e. The third-order valence-electron chi connectivity index (χ3n) is 6.10. The molecule has 3 aromatic carbocycles. The standard InChI is InChI=1S/C27H25FN2O4/c1-29-27(31)25-21-15-23(32-2)20(22-4-3-13-30-22)14-24(21)34-26(25)16-5-9-18(10-6-16)33-19-11-7-17(28)8-12-19/h5-12,14-15,22,30H,3-4,13H2,1-2H3,(H,29,31). The van der Waals surface area contributed by atoms with Gasteiger partial charge in [-0.15, -0.1) is 0 Å². The molecule has 1 aromatic heterocycles. The number of hydrogen-bond donors (Lipinski definition) is 2. The molecular formula is C27H25FN2O4. The Balaban J connectivity index is 1.55. The van der Waals surface area contributed by atoms with Gasteiger partial charge in [0.05, 0.1) is 12.7 Å². The fraction of sp³-hybridized carbons (Fsp3) is 0.222. The Morgan fingerprint density at radius 3 is 2.41 bits per heavy atom. The second kappa shape index (κ2) is 9.19. The monoisotopic (exact) mass is 460 g/mol. The lowest BCUT2D eigenvalue weighted by Crippen LogP contribution is -2.18. The number of hydrogen-bond acceptors (Lipinski definition) is 5. The maximum absolute atomic E-state index is 13.1. The molecule has 1 saturated heterocycles. The molecule has 1 atom stereocenters. The van der Waals surface area contributed by atoms with Crippen LogP contribution in [0.1, 0.15) is 34.8 Å². The van der Waals surface area contributed by atoms with E-state index in [0.29, 0.717) is 33.8 Å². The number of nitrogens with one attached hydrogen (secondary N) is 2. The van der Waals surface area contributed by atoms with E-state index in [1.807, 2.05) is 24.3 Å². The topological polar surface area (TPSA) is 72.7 Å². The number of furan rings is 1. The largest absolute Gasteiger partial charge is 0.496 e. The molecule has 7 heteroatoms. The normalized spacial score (nSPS) is 15.4. The molecule has 2 N–H and O–H groups in total. The number of carbonyl (C=O) groups excluding carboxylic acids is 1. The highest BCUT2D eigenvalue weighted by Gasteiger charge is 2.26. The van der Waals surface area contributed by atoms with Crippen molar-refractivity contribution in [1.82, 2.24) is 10.6 Å². The summed E-state index contributed by atoms with van der Waals surface area (Å²) in [4.78, 5) is 12.9. The van der Waals surface area contributed by atoms with E-state index in [4.69, 9.17) is 13.9 Å². The summed E-state index contributed by atoms with van der Waals surface area (Å²) >= 11 is 0. The number of halogens is 1. The fourth-order valence-electron chi connectivity index (χ4n) is 4.40. The predicted molar refractivity (Wildman–Crippen MR) is 128 cm³/mol. The number of ether oxygens (including phenoxy) is 2. The first-order valence-corrected chi connectivity index (χ1v) is 11.2. The van der Waals surface area contributed by atoms with Gasteiger partial charge in [-0.3, -0.25) is 4.79 Å². The molecule has 0 radical (unpaired) electrons. The third kappa shape index (κ3) is 4.10. The van der Waals surface area contributed by atoms with Crippen LogP contribution >= 0.6 is 0 Å². The highest BCUT2D eigenvalue weighted by Crippen LogP contribution is 2.40. The Morgan fingerprint density at radius 2 is 1.79 bits per heavy atom. The highest BCUT2D eigenvalue weighted by atomic mass is 19.1. The average Bonchev–Trinajstić information content (AvgIpc) is 3.52. The zero-order valence-corrected chi connectivity index (χ0v) is 19.0. The number of rotatable bonds is 6. The number of fused-ring (bicyclic) bond motifs is 1. The van der Waals surface area contributed by atoms with Gasteiger partial charge in [0, 0.05) is 29.6 Å². The number of amides is 1. The van der Waals surface area contributed by atoms with Crippen LogP contribution in [0.2, 0.25) is 0 Å². The van der Waals surface area contributed by atoms with Crippen molar-refractivity contribution in [3.05, 3.63) is 77.6 Å². The molecule has 0 saturated carbocycles. The van der Waals surface area contributed by atoms with Gasteiger partial charge in [-0.1, -0.05) is 0 Å². The molecule has 1 aliphatic rings. The van der Waals surface area contributed by atoms with Gasteiger partial charge in [-0.25, -0.2) is 4.39 Å². The lowest BCUT2D eigenvalue weighted by molar-refractivity contribution is 0.0964.